The fourth-order valence-corrected chi connectivity index (χ4v) is 6.40. The average Bonchev–Trinajstić information content (AvgIpc) is 3.58. The van der Waals surface area contributed by atoms with Crippen molar-refractivity contribution >= 4 is 17.5 Å². The summed E-state index contributed by atoms with van der Waals surface area (Å²) >= 11 is 0. The quantitative estimate of drug-likeness (QED) is 0.426. The van der Waals surface area contributed by atoms with E-state index in [1.54, 1.807) is 0 Å². The summed E-state index contributed by atoms with van der Waals surface area (Å²) in [6.07, 6.45) is 6.72. The Morgan fingerprint density at radius 2 is 2.02 bits per heavy atom. The Kier molecular flexibility index (Phi) is 7.54. The number of hydrogen-bond acceptors (Lipinski definition) is 11. The van der Waals surface area contributed by atoms with E-state index in [1.165, 1.54) is 31.8 Å². The number of nitriles is 1. The molecule has 222 valence electrons. The molecule has 2 atom stereocenters. The average molecular weight is 579 g/mol. The van der Waals surface area contributed by atoms with Gasteiger partial charge in [0.05, 0.1) is 25.1 Å². The van der Waals surface area contributed by atoms with E-state index in [0.717, 1.165) is 35.2 Å². The molecule has 3 aliphatic rings. The summed E-state index contributed by atoms with van der Waals surface area (Å²) in [5.41, 5.74) is 0.0603. The maximum atomic E-state index is 15.5. The van der Waals surface area contributed by atoms with Crippen molar-refractivity contribution in [3.63, 3.8) is 0 Å². The molecule has 3 aromatic rings. The highest BCUT2D eigenvalue weighted by Crippen LogP contribution is 2.39. The lowest BCUT2D eigenvalue weighted by Crippen LogP contribution is -2.55. The van der Waals surface area contributed by atoms with Gasteiger partial charge in [0.1, 0.15) is 35.0 Å². The number of tetrazole rings is 1. The maximum absolute atomic E-state index is 15.5. The predicted octanol–water partition coefficient (Wildman–Crippen LogP) is 2.89. The molecule has 2 aromatic heterocycles. The molecule has 0 aliphatic carbocycles. The maximum Gasteiger partial charge on any atom is 0.368 e. The summed E-state index contributed by atoms with van der Waals surface area (Å²) in [5.74, 6) is 0.0306. The van der Waals surface area contributed by atoms with Gasteiger partial charge in [-0.2, -0.15) is 19.6 Å². The van der Waals surface area contributed by atoms with E-state index in [-0.39, 0.29) is 40.8 Å². The van der Waals surface area contributed by atoms with Gasteiger partial charge in [0.2, 0.25) is 5.95 Å². The highest BCUT2D eigenvalue weighted by atomic mass is 19.1. The lowest BCUT2D eigenvalue weighted by molar-refractivity contribution is 0.0254. The second kappa shape index (κ2) is 11.3. The van der Waals surface area contributed by atoms with E-state index in [4.69, 9.17) is 9.47 Å². The first kappa shape index (κ1) is 28.0. The first-order chi connectivity index (χ1) is 20.2. The van der Waals surface area contributed by atoms with Gasteiger partial charge < -0.3 is 20.1 Å². The van der Waals surface area contributed by atoms with Crippen LogP contribution in [0.4, 0.5) is 21.8 Å². The van der Waals surface area contributed by atoms with Crippen molar-refractivity contribution in [1.29, 1.82) is 5.26 Å². The smallest absolute Gasteiger partial charge is 0.368 e. The number of aromatic nitrogens is 6. The number of aryl methyl sites for hydroxylation is 1. The summed E-state index contributed by atoms with van der Waals surface area (Å²) in [6.45, 7) is 6.71. The molecule has 3 aliphatic heterocycles. The van der Waals surface area contributed by atoms with Crippen LogP contribution in [0.5, 0.6) is 5.75 Å². The van der Waals surface area contributed by atoms with Crippen LogP contribution < -0.4 is 21.1 Å². The van der Waals surface area contributed by atoms with Crippen LogP contribution in [0.2, 0.25) is 0 Å². The molecule has 6 rings (SSSR count). The predicted molar refractivity (Wildman–Crippen MR) is 152 cm³/mol. The van der Waals surface area contributed by atoms with Crippen LogP contribution in [0.1, 0.15) is 57.9 Å². The molecule has 1 unspecified atom stereocenters. The van der Waals surface area contributed by atoms with E-state index in [0.29, 0.717) is 43.5 Å². The monoisotopic (exact) mass is 578 g/mol. The fraction of sp³-hybridized carbons (Fsp3) is 0.571. The van der Waals surface area contributed by atoms with Gasteiger partial charge in [-0.05, 0) is 62.6 Å². The topological polar surface area (TPSA) is 148 Å². The highest BCUT2D eigenvalue weighted by Gasteiger charge is 2.43. The number of piperidine rings is 1. The Balaban J connectivity index is 1.29. The first-order valence-electron chi connectivity index (χ1n) is 14.4. The minimum Gasteiger partial charge on any atom is -0.488 e. The van der Waals surface area contributed by atoms with Crippen LogP contribution in [0.15, 0.2) is 23.1 Å². The summed E-state index contributed by atoms with van der Waals surface area (Å²) in [4.78, 5) is 24.1. The van der Waals surface area contributed by atoms with Crippen molar-refractivity contribution in [2.75, 3.05) is 30.4 Å². The van der Waals surface area contributed by atoms with Crippen LogP contribution >= 0.6 is 0 Å². The van der Waals surface area contributed by atoms with Crippen molar-refractivity contribution in [2.24, 2.45) is 7.05 Å². The molecule has 0 radical (unpaired) electrons. The number of halogens is 1. The molecule has 1 aromatic carbocycles. The Morgan fingerprint density at radius 1 is 1.21 bits per heavy atom. The zero-order valence-corrected chi connectivity index (χ0v) is 24.0. The fourth-order valence-electron chi connectivity index (χ4n) is 6.40. The Hall–Kier alpha value is -4.09. The number of nitrogens with zero attached hydrogens (tertiary/aromatic N) is 8. The zero-order valence-electron chi connectivity index (χ0n) is 24.0. The SMILES string of the molecule is Cn1nnn(-c2cc(Nc3ncc(C#N)c(N[C@@H]4CC5CCCN5C(C)(C)C4)n3)c(F)cc2OC2CCOCC2)c1=O. The molecule has 0 amide bonds. The number of benzene rings is 1. The lowest BCUT2D eigenvalue weighted by atomic mass is 9.84. The number of anilines is 3. The van der Waals surface area contributed by atoms with Gasteiger partial charge in [-0.25, -0.2) is 14.2 Å². The van der Waals surface area contributed by atoms with Gasteiger partial charge >= 0.3 is 5.69 Å². The van der Waals surface area contributed by atoms with Crippen molar-refractivity contribution in [3.8, 4) is 17.5 Å². The molecular weight excluding hydrogens is 543 g/mol. The van der Waals surface area contributed by atoms with Crippen LogP contribution in [-0.4, -0.2) is 78.1 Å². The Morgan fingerprint density at radius 3 is 2.76 bits per heavy atom. The van der Waals surface area contributed by atoms with Gasteiger partial charge in [-0.15, -0.1) is 0 Å². The van der Waals surface area contributed by atoms with Gasteiger partial charge in [0.15, 0.2) is 5.82 Å². The third-order valence-electron chi connectivity index (χ3n) is 8.41. The molecule has 2 N–H and O–H groups in total. The number of rotatable bonds is 7. The third kappa shape index (κ3) is 5.54. The van der Waals surface area contributed by atoms with Crippen molar-refractivity contribution < 1.29 is 13.9 Å². The second-order valence-corrected chi connectivity index (χ2v) is 11.8. The van der Waals surface area contributed by atoms with Crippen molar-refractivity contribution in [2.45, 2.75) is 76.1 Å². The molecule has 3 fully saturated rings. The molecule has 0 saturated carbocycles. The molecule has 14 heteroatoms. The normalized spacial score (nSPS) is 22.4. The largest absolute Gasteiger partial charge is 0.488 e. The molecule has 0 spiro atoms. The molecule has 0 bridgehead atoms. The van der Waals surface area contributed by atoms with Gasteiger partial charge in [0, 0.05) is 43.6 Å². The number of ether oxygens (including phenoxy) is 2. The molecule has 3 saturated heterocycles. The first-order valence-corrected chi connectivity index (χ1v) is 14.4. The van der Waals surface area contributed by atoms with Crippen LogP contribution in [0.3, 0.4) is 0 Å². The van der Waals surface area contributed by atoms with Crippen LogP contribution in [0.25, 0.3) is 5.69 Å². The van der Waals surface area contributed by atoms with Gasteiger partial charge in [0.25, 0.3) is 0 Å². The third-order valence-corrected chi connectivity index (χ3v) is 8.41. The van der Waals surface area contributed by atoms with Crippen molar-refractivity contribution in [3.05, 3.63) is 40.2 Å². The van der Waals surface area contributed by atoms with Crippen molar-refractivity contribution in [1.82, 2.24) is 34.7 Å². The van der Waals surface area contributed by atoms with Gasteiger partial charge in [-0.1, -0.05) is 0 Å². The summed E-state index contributed by atoms with van der Waals surface area (Å²) in [5, 5.41) is 23.9. The Labute approximate surface area is 242 Å². The van der Waals surface area contributed by atoms with E-state index in [2.05, 4.69) is 55.8 Å². The van der Waals surface area contributed by atoms with Crippen LogP contribution in [-0.2, 0) is 11.8 Å². The summed E-state index contributed by atoms with van der Waals surface area (Å²) < 4.78 is 29.1. The van der Waals surface area contributed by atoms with E-state index < -0.39 is 11.5 Å². The number of hydrogen-bond donors (Lipinski definition) is 2. The molecule has 42 heavy (non-hydrogen) atoms. The summed E-state index contributed by atoms with van der Waals surface area (Å²) in [7, 11) is 1.48. The molecule has 13 nitrogen and oxygen atoms in total. The van der Waals surface area contributed by atoms with Gasteiger partial charge in [-0.3, -0.25) is 4.90 Å². The van der Waals surface area contributed by atoms with Crippen LogP contribution in [0, 0.1) is 17.1 Å². The minimum atomic E-state index is -0.629. The zero-order chi connectivity index (χ0) is 29.4. The molecule has 5 heterocycles. The number of fused-ring (bicyclic) bond motifs is 1. The summed E-state index contributed by atoms with van der Waals surface area (Å²) in [6, 6.07) is 5.42. The standard InChI is InChI=1S/C28H35FN10O3/c1-28(2)14-18(11-19-5-4-8-38(19)28)32-25-17(15-30)16-31-26(34-25)33-22-13-23(39-27(40)37(3)35-36-39)24(12-21(22)29)42-20-6-9-41-10-7-20/h12-13,16,18-20H,4-11,14H2,1-3H3,(H2,31,32,33,34)/t18-,19?/m1/s1. The Bertz CT molecular complexity index is 1560. The van der Waals surface area contributed by atoms with E-state index in [1.807, 2.05) is 0 Å². The second-order valence-electron chi connectivity index (χ2n) is 11.8. The van der Waals surface area contributed by atoms with E-state index in [9.17, 15) is 10.1 Å². The molecular formula is C28H35FN10O3. The lowest BCUT2D eigenvalue weighted by Gasteiger charge is -2.47. The van der Waals surface area contributed by atoms with E-state index >= 15 is 4.39 Å². The highest BCUT2D eigenvalue weighted by molar-refractivity contribution is 5.64. The number of nitrogens with one attached hydrogen (secondary N) is 2. The minimum absolute atomic E-state index is 0.0120.